The molecule has 1 fully saturated rings. The molecule has 1 aliphatic rings. The van der Waals surface area contributed by atoms with Gasteiger partial charge in [0, 0.05) is 19.6 Å². The Morgan fingerprint density at radius 1 is 1.22 bits per heavy atom. The lowest BCUT2D eigenvalue weighted by atomic mass is 9.96. The largest absolute Gasteiger partial charge is 0.480 e. The molecule has 0 bridgehead atoms. The molecule has 1 aliphatic heterocycles. The first-order valence-electron chi connectivity index (χ1n) is 8.28. The van der Waals surface area contributed by atoms with Gasteiger partial charge in [-0.1, -0.05) is 27.7 Å². The molecule has 3 N–H and O–H groups in total. The standard InChI is InChI=1S/C16H29N3O4/c1-10(2)8-17-16(23)19-7-5-6-12(9-19)14(20)18-13(11(3)4)15(21)22/h10-13H,5-9H2,1-4H3,(H,17,23)(H,18,20)(H,21,22). The monoisotopic (exact) mass is 327 g/mol. The van der Waals surface area contributed by atoms with Crippen LogP contribution in [0.3, 0.4) is 0 Å². The lowest BCUT2D eigenvalue weighted by Gasteiger charge is -2.33. The number of nitrogens with zero attached hydrogens (tertiary/aromatic N) is 1. The van der Waals surface area contributed by atoms with E-state index in [-0.39, 0.29) is 23.8 Å². The van der Waals surface area contributed by atoms with E-state index in [1.807, 2.05) is 13.8 Å². The third-order valence-electron chi connectivity index (χ3n) is 3.97. The van der Waals surface area contributed by atoms with Gasteiger partial charge in [-0.2, -0.15) is 0 Å². The van der Waals surface area contributed by atoms with Gasteiger partial charge in [-0.05, 0) is 24.7 Å². The molecule has 0 saturated carbocycles. The summed E-state index contributed by atoms with van der Waals surface area (Å²) in [5.41, 5.74) is 0. The highest BCUT2D eigenvalue weighted by molar-refractivity contribution is 5.86. The molecule has 0 aromatic carbocycles. The quantitative estimate of drug-likeness (QED) is 0.684. The number of carboxylic acids is 1. The summed E-state index contributed by atoms with van der Waals surface area (Å²) in [5, 5.41) is 14.6. The first-order chi connectivity index (χ1) is 10.7. The topological polar surface area (TPSA) is 98.7 Å². The highest BCUT2D eigenvalue weighted by Crippen LogP contribution is 2.17. The molecular weight excluding hydrogens is 298 g/mol. The Morgan fingerprint density at radius 3 is 2.39 bits per heavy atom. The first kappa shape index (κ1) is 19.3. The number of amides is 3. The number of piperidine rings is 1. The summed E-state index contributed by atoms with van der Waals surface area (Å²) in [4.78, 5) is 37.2. The Balaban J connectivity index is 2.58. The minimum absolute atomic E-state index is 0.158. The van der Waals surface area contributed by atoms with Crippen LogP contribution in [0.5, 0.6) is 0 Å². The van der Waals surface area contributed by atoms with Gasteiger partial charge < -0.3 is 20.6 Å². The number of likely N-dealkylation sites (tertiary alicyclic amines) is 1. The molecule has 2 unspecified atom stereocenters. The van der Waals surface area contributed by atoms with Crippen molar-refractivity contribution in [2.24, 2.45) is 17.8 Å². The van der Waals surface area contributed by atoms with E-state index in [4.69, 9.17) is 5.11 Å². The molecule has 1 saturated heterocycles. The Morgan fingerprint density at radius 2 is 1.87 bits per heavy atom. The molecular formula is C16H29N3O4. The molecule has 132 valence electrons. The third kappa shape index (κ3) is 6.08. The molecule has 0 spiro atoms. The Hall–Kier alpha value is -1.79. The number of aliphatic carboxylic acids is 1. The van der Waals surface area contributed by atoms with Gasteiger partial charge in [-0.25, -0.2) is 9.59 Å². The van der Waals surface area contributed by atoms with Crippen LogP contribution in [0.1, 0.15) is 40.5 Å². The minimum Gasteiger partial charge on any atom is -0.480 e. The third-order valence-corrected chi connectivity index (χ3v) is 3.97. The van der Waals surface area contributed by atoms with E-state index in [0.29, 0.717) is 32.0 Å². The summed E-state index contributed by atoms with van der Waals surface area (Å²) in [6.45, 7) is 9.10. The molecule has 23 heavy (non-hydrogen) atoms. The molecule has 1 heterocycles. The van der Waals surface area contributed by atoms with Gasteiger partial charge in [0.05, 0.1) is 5.92 Å². The van der Waals surface area contributed by atoms with Crippen LogP contribution in [0.4, 0.5) is 4.79 Å². The van der Waals surface area contributed by atoms with E-state index in [1.165, 1.54) is 0 Å². The molecule has 3 amide bonds. The van der Waals surface area contributed by atoms with E-state index in [1.54, 1.807) is 18.7 Å². The molecule has 1 rings (SSSR count). The number of hydrogen-bond donors (Lipinski definition) is 3. The predicted octanol–water partition coefficient (Wildman–Crippen LogP) is 1.29. The zero-order chi connectivity index (χ0) is 17.6. The molecule has 0 aliphatic carbocycles. The van der Waals surface area contributed by atoms with Gasteiger partial charge in [0.15, 0.2) is 0 Å². The normalized spacial score (nSPS) is 19.6. The van der Waals surface area contributed by atoms with Crippen molar-refractivity contribution < 1.29 is 19.5 Å². The number of urea groups is 1. The average Bonchev–Trinajstić information content (AvgIpc) is 2.49. The summed E-state index contributed by atoms with van der Waals surface area (Å²) in [6.07, 6.45) is 1.41. The minimum atomic E-state index is -1.03. The van der Waals surface area contributed by atoms with Gasteiger partial charge in [0.2, 0.25) is 5.91 Å². The highest BCUT2D eigenvalue weighted by Gasteiger charge is 2.31. The van der Waals surface area contributed by atoms with Crippen LogP contribution in [0, 0.1) is 17.8 Å². The fourth-order valence-corrected chi connectivity index (χ4v) is 2.56. The summed E-state index contributed by atoms with van der Waals surface area (Å²) in [5.74, 6) is -1.49. The van der Waals surface area contributed by atoms with E-state index < -0.39 is 12.0 Å². The van der Waals surface area contributed by atoms with Crippen molar-refractivity contribution in [2.45, 2.75) is 46.6 Å². The van der Waals surface area contributed by atoms with Crippen molar-refractivity contribution in [1.82, 2.24) is 15.5 Å². The number of rotatable bonds is 6. The van der Waals surface area contributed by atoms with Gasteiger partial charge in [0.25, 0.3) is 0 Å². The molecule has 0 aromatic rings. The van der Waals surface area contributed by atoms with E-state index >= 15 is 0 Å². The van der Waals surface area contributed by atoms with Crippen molar-refractivity contribution in [1.29, 1.82) is 0 Å². The number of hydrogen-bond acceptors (Lipinski definition) is 3. The van der Waals surface area contributed by atoms with Crippen LogP contribution in [-0.2, 0) is 9.59 Å². The van der Waals surface area contributed by atoms with Gasteiger partial charge in [-0.3, -0.25) is 4.79 Å². The van der Waals surface area contributed by atoms with Crippen LogP contribution in [0.25, 0.3) is 0 Å². The van der Waals surface area contributed by atoms with Crippen LogP contribution in [0.15, 0.2) is 0 Å². The lowest BCUT2D eigenvalue weighted by Crippen LogP contribution is -2.52. The highest BCUT2D eigenvalue weighted by atomic mass is 16.4. The first-order valence-corrected chi connectivity index (χ1v) is 8.28. The number of carbonyl (C=O) groups excluding carboxylic acids is 2. The molecule has 2 atom stereocenters. The second-order valence-corrected chi connectivity index (χ2v) is 6.93. The summed E-state index contributed by atoms with van der Waals surface area (Å²) < 4.78 is 0. The number of carboxylic acid groups (broad SMARTS) is 1. The van der Waals surface area contributed by atoms with Gasteiger partial charge in [-0.15, -0.1) is 0 Å². The fraction of sp³-hybridized carbons (Fsp3) is 0.812. The molecule has 0 aromatic heterocycles. The smallest absolute Gasteiger partial charge is 0.326 e. The maximum atomic E-state index is 12.3. The van der Waals surface area contributed by atoms with Crippen LogP contribution in [-0.4, -0.2) is 53.6 Å². The van der Waals surface area contributed by atoms with E-state index in [0.717, 1.165) is 6.42 Å². The van der Waals surface area contributed by atoms with Crippen molar-refractivity contribution >= 4 is 17.9 Å². The van der Waals surface area contributed by atoms with E-state index in [9.17, 15) is 14.4 Å². The zero-order valence-electron chi connectivity index (χ0n) is 14.5. The van der Waals surface area contributed by atoms with E-state index in [2.05, 4.69) is 10.6 Å². The average molecular weight is 327 g/mol. The Kier molecular flexibility index (Phi) is 7.32. The summed E-state index contributed by atoms with van der Waals surface area (Å²) >= 11 is 0. The number of carbonyl (C=O) groups is 3. The molecule has 7 heteroatoms. The SMILES string of the molecule is CC(C)CNC(=O)N1CCCC(C(=O)NC(C(=O)O)C(C)C)C1. The fourth-order valence-electron chi connectivity index (χ4n) is 2.56. The molecule has 0 radical (unpaired) electrons. The van der Waals surface area contributed by atoms with Gasteiger partial charge >= 0.3 is 12.0 Å². The number of nitrogens with one attached hydrogen (secondary N) is 2. The summed E-state index contributed by atoms with van der Waals surface area (Å²) in [6, 6.07) is -1.05. The van der Waals surface area contributed by atoms with Crippen LogP contribution < -0.4 is 10.6 Å². The Bertz CT molecular complexity index is 437. The second kappa shape index (κ2) is 8.74. The zero-order valence-corrected chi connectivity index (χ0v) is 14.5. The lowest BCUT2D eigenvalue weighted by molar-refractivity contribution is -0.144. The molecule has 7 nitrogen and oxygen atoms in total. The van der Waals surface area contributed by atoms with Crippen LogP contribution in [0.2, 0.25) is 0 Å². The van der Waals surface area contributed by atoms with Crippen molar-refractivity contribution in [2.75, 3.05) is 19.6 Å². The van der Waals surface area contributed by atoms with Gasteiger partial charge in [0.1, 0.15) is 6.04 Å². The summed E-state index contributed by atoms with van der Waals surface area (Å²) in [7, 11) is 0. The second-order valence-electron chi connectivity index (χ2n) is 6.93. The maximum absolute atomic E-state index is 12.3. The van der Waals surface area contributed by atoms with Crippen LogP contribution >= 0.6 is 0 Å². The maximum Gasteiger partial charge on any atom is 0.326 e. The predicted molar refractivity (Wildman–Crippen MR) is 86.9 cm³/mol. The van der Waals surface area contributed by atoms with Crippen molar-refractivity contribution in [3.63, 3.8) is 0 Å². The van der Waals surface area contributed by atoms with Crippen molar-refractivity contribution in [3.05, 3.63) is 0 Å². The Labute approximate surface area is 137 Å². The van der Waals surface area contributed by atoms with Crippen molar-refractivity contribution in [3.8, 4) is 0 Å².